The van der Waals surface area contributed by atoms with Crippen LogP contribution in [0.5, 0.6) is 0 Å². The molecule has 0 bridgehead atoms. The van der Waals surface area contributed by atoms with Crippen LogP contribution in [0.2, 0.25) is 0 Å². The Kier molecular flexibility index (Phi) is 2.77. The maximum absolute atomic E-state index is 12.8. The van der Waals surface area contributed by atoms with E-state index in [4.69, 9.17) is 6.57 Å². The molecule has 5 heteroatoms. The summed E-state index contributed by atoms with van der Waals surface area (Å²) in [6.07, 6.45) is 0. The molecule has 0 aliphatic heterocycles. The predicted molar refractivity (Wildman–Crippen MR) is 48.1 cm³/mol. The molecule has 0 amide bonds. The van der Waals surface area contributed by atoms with Crippen LogP contribution in [0.25, 0.3) is 4.85 Å². The second kappa shape index (κ2) is 3.83. The van der Waals surface area contributed by atoms with E-state index in [0.717, 1.165) is 18.2 Å². The molecule has 0 aliphatic rings. The van der Waals surface area contributed by atoms with Gasteiger partial charge in [-0.3, -0.25) is 10.1 Å². The maximum atomic E-state index is 12.8. The van der Waals surface area contributed by atoms with E-state index in [2.05, 4.69) is 4.85 Å². The van der Waals surface area contributed by atoms with Gasteiger partial charge >= 0.3 is 0 Å². The molecule has 0 radical (unpaired) electrons. The molecule has 0 saturated heterocycles. The Bertz CT molecular complexity index is 412. The Morgan fingerprint density at radius 1 is 1.64 bits per heavy atom. The predicted octanol–water partition coefficient (Wildman–Crippen LogP) is 2.71. The molecule has 0 aromatic heterocycles. The summed E-state index contributed by atoms with van der Waals surface area (Å²) in [5.41, 5.74) is -0.0973. The molecule has 0 fully saturated rings. The zero-order chi connectivity index (χ0) is 10.7. The van der Waals surface area contributed by atoms with Crippen molar-refractivity contribution in [2.45, 2.75) is 13.0 Å². The van der Waals surface area contributed by atoms with Gasteiger partial charge in [0.05, 0.1) is 4.92 Å². The number of benzene rings is 1. The summed E-state index contributed by atoms with van der Waals surface area (Å²) in [6, 6.07) is 2.41. The lowest BCUT2D eigenvalue weighted by Crippen LogP contribution is -1.97. The highest BCUT2D eigenvalue weighted by Crippen LogP contribution is 2.27. The summed E-state index contributed by atoms with van der Waals surface area (Å²) in [7, 11) is 0. The largest absolute Gasteiger partial charge is 0.309 e. The van der Waals surface area contributed by atoms with Crippen molar-refractivity contribution >= 4 is 5.69 Å². The fourth-order valence-electron chi connectivity index (χ4n) is 1.10. The number of halogens is 1. The molecule has 0 aliphatic carbocycles. The van der Waals surface area contributed by atoms with Crippen molar-refractivity contribution < 1.29 is 9.31 Å². The van der Waals surface area contributed by atoms with E-state index in [1.54, 1.807) is 0 Å². The monoisotopic (exact) mass is 194 g/mol. The fraction of sp³-hybridized carbons (Fsp3) is 0.222. The van der Waals surface area contributed by atoms with Gasteiger partial charge in [0.1, 0.15) is 11.4 Å². The normalized spacial score (nSPS) is 11.8. The Morgan fingerprint density at radius 3 is 2.79 bits per heavy atom. The molecule has 4 nitrogen and oxygen atoms in total. The van der Waals surface area contributed by atoms with Crippen LogP contribution < -0.4 is 0 Å². The maximum Gasteiger partial charge on any atom is 0.280 e. The summed E-state index contributed by atoms with van der Waals surface area (Å²) < 4.78 is 12.8. The first-order chi connectivity index (χ1) is 6.56. The minimum Gasteiger partial charge on any atom is -0.309 e. The zero-order valence-corrected chi connectivity index (χ0v) is 7.40. The van der Waals surface area contributed by atoms with Crippen molar-refractivity contribution in [3.8, 4) is 0 Å². The van der Waals surface area contributed by atoms with Gasteiger partial charge in [0.15, 0.2) is 0 Å². The van der Waals surface area contributed by atoms with Gasteiger partial charge < -0.3 is 4.85 Å². The van der Waals surface area contributed by atoms with Crippen molar-refractivity contribution in [1.82, 2.24) is 0 Å². The van der Waals surface area contributed by atoms with E-state index in [0.29, 0.717) is 0 Å². The molecule has 1 aromatic carbocycles. The highest BCUT2D eigenvalue weighted by molar-refractivity contribution is 5.43. The van der Waals surface area contributed by atoms with E-state index in [1.165, 1.54) is 6.92 Å². The van der Waals surface area contributed by atoms with Crippen LogP contribution in [0.3, 0.4) is 0 Å². The summed E-state index contributed by atoms with van der Waals surface area (Å²) in [5.74, 6) is -0.568. The van der Waals surface area contributed by atoms with Gasteiger partial charge in [-0.15, -0.1) is 0 Å². The Labute approximate surface area is 79.9 Å². The van der Waals surface area contributed by atoms with Crippen LogP contribution in [-0.4, -0.2) is 4.92 Å². The van der Waals surface area contributed by atoms with Crippen LogP contribution in [0, 0.1) is 22.5 Å². The standard InChI is InChI=1S/C9H7FN2O2/c1-6(11-2)8-5-7(10)3-4-9(8)12(13)14/h3-6H,1H3. The van der Waals surface area contributed by atoms with Crippen molar-refractivity contribution in [3.63, 3.8) is 0 Å². The highest BCUT2D eigenvalue weighted by atomic mass is 19.1. The minimum absolute atomic E-state index is 0.116. The first kappa shape index (κ1) is 10.1. The van der Waals surface area contributed by atoms with Gasteiger partial charge in [0.2, 0.25) is 0 Å². The molecule has 1 atom stereocenters. The molecule has 0 saturated carbocycles. The van der Waals surface area contributed by atoms with E-state index in [9.17, 15) is 14.5 Å². The van der Waals surface area contributed by atoms with E-state index < -0.39 is 16.8 Å². The average molecular weight is 194 g/mol. The summed E-state index contributed by atoms with van der Waals surface area (Å²) in [5, 5.41) is 10.5. The SMILES string of the molecule is [C-]#[N+]C(C)c1cc(F)ccc1[N+](=O)[O-]. The molecule has 72 valence electrons. The van der Waals surface area contributed by atoms with Gasteiger partial charge in [-0.25, -0.2) is 11.0 Å². The van der Waals surface area contributed by atoms with E-state index in [1.807, 2.05) is 0 Å². The summed E-state index contributed by atoms with van der Waals surface area (Å²) in [6.45, 7) is 8.23. The average Bonchev–Trinajstić information content (AvgIpc) is 2.16. The van der Waals surface area contributed by atoms with Gasteiger partial charge in [-0.05, 0) is 12.1 Å². The van der Waals surface area contributed by atoms with Crippen LogP contribution in [0.1, 0.15) is 18.5 Å². The molecular weight excluding hydrogens is 187 g/mol. The fourth-order valence-corrected chi connectivity index (χ4v) is 1.10. The molecule has 1 aromatic rings. The van der Waals surface area contributed by atoms with Crippen LogP contribution >= 0.6 is 0 Å². The molecule has 1 unspecified atom stereocenters. The third-order valence-electron chi connectivity index (χ3n) is 1.83. The Balaban J connectivity index is 3.31. The number of rotatable bonds is 2. The van der Waals surface area contributed by atoms with Crippen molar-refractivity contribution in [1.29, 1.82) is 0 Å². The van der Waals surface area contributed by atoms with Crippen molar-refractivity contribution in [2.75, 3.05) is 0 Å². The zero-order valence-electron chi connectivity index (χ0n) is 7.40. The summed E-state index contributed by atoms with van der Waals surface area (Å²) in [4.78, 5) is 13.0. The molecule has 0 N–H and O–H groups in total. The first-order valence-electron chi connectivity index (χ1n) is 3.86. The third kappa shape index (κ3) is 1.85. The molecule has 14 heavy (non-hydrogen) atoms. The molecule has 0 heterocycles. The van der Waals surface area contributed by atoms with Gasteiger partial charge in [0.25, 0.3) is 11.7 Å². The van der Waals surface area contributed by atoms with Gasteiger partial charge in [0, 0.05) is 13.0 Å². The van der Waals surface area contributed by atoms with Gasteiger partial charge in [-0.2, -0.15) is 0 Å². The van der Waals surface area contributed by atoms with E-state index in [-0.39, 0.29) is 11.3 Å². The number of nitrogens with zero attached hydrogens (tertiary/aromatic N) is 2. The molecule has 1 rings (SSSR count). The van der Waals surface area contributed by atoms with Crippen LogP contribution in [0.4, 0.5) is 10.1 Å². The van der Waals surface area contributed by atoms with Crippen molar-refractivity contribution in [3.05, 3.63) is 51.1 Å². The number of nitro benzene ring substituents is 1. The lowest BCUT2D eigenvalue weighted by molar-refractivity contribution is -0.385. The minimum atomic E-state index is -0.703. The molecule has 0 spiro atoms. The second-order valence-electron chi connectivity index (χ2n) is 2.77. The van der Waals surface area contributed by atoms with Gasteiger partial charge in [-0.1, -0.05) is 0 Å². The first-order valence-corrected chi connectivity index (χ1v) is 3.86. The number of hydrogen-bond donors (Lipinski definition) is 0. The van der Waals surface area contributed by atoms with Crippen LogP contribution in [-0.2, 0) is 0 Å². The van der Waals surface area contributed by atoms with E-state index >= 15 is 0 Å². The smallest absolute Gasteiger partial charge is 0.280 e. The molecular formula is C9H7FN2O2. The third-order valence-corrected chi connectivity index (χ3v) is 1.83. The Morgan fingerprint density at radius 2 is 2.29 bits per heavy atom. The van der Waals surface area contributed by atoms with Crippen molar-refractivity contribution in [2.24, 2.45) is 0 Å². The lowest BCUT2D eigenvalue weighted by Gasteiger charge is -2.01. The topological polar surface area (TPSA) is 47.5 Å². The van der Waals surface area contributed by atoms with Crippen LogP contribution in [0.15, 0.2) is 18.2 Å². The quantitative estimate of drug-likeness (QED) is 0.413. The highest BCUT2D eigenvalue weighted by Gasteiger charge is 2.22. The number of nitro groups is 1. The Hall–Kier alpha value is -1.96. The second-order valence-corrected chi connectivity index (χ2v) is 2.77. The lowest BCUT2D eigenvalue weighted by atomic mass is 10.1. The number of hydrogen-bond acceptors (Lipinski definition) is 2. The summed E-state index contributed by atoms with van der Waals surface area (Å²) >= 11 is 0.